The molecule has 0 spiro atoms. The number of ketones is 1. The topological polar surface area (TPSA) is 76.0 Å². The van der Waals surface area contributed by atoms with Crippen LogP contribution in [0.15, 0.2) is 48.5 Å². The van der Waals surface area contributed by atoms with E-state index in [1.807, 2.05) is 18.2 Å². The van der Waals surface area contributed by atoms with Crippen molar-refractivity contribution in [3.63, 3.8) is 0 Å². The lowest BCUT2D eigenvalue weighted by atomic mass is 9.98. The van der Waals surface area contributed by atoms with E-state index in [1.54, 1.807) is 18.2 Å². The lowest BCUT2D eigenvalue weighted by Crippen LogP contribution is -2.04. The largest absolute Gasteiger partial charge is 0.358 e. The minimum Gasteiger partial charge on any atom is -0.358 e. The van der Waals surface area contributed by atoms with Gasteiger partial charge in [-0.25, -0.2) is 0 Å². The number of rotatable bonds is 6. The zero-order valence-electron chi connectivity index (χ0n) is 13.4. The van der Waals surface area contributed by atoms with E-state index in [-0.39, 0.29) is 11.5 Å². The molecule has 3 rings (SSSR count). The van der Waals surface area contributed by atoms with Gasteiger partial charge < -0.3 is 4.98 Å². The molecule has 5 heteroatoms. The van der Waals surface area contributed by atoms with Gasteiger partial charge in [0.2, 0.25) is 0 Å². The average molecular weight is 322 g/mol. The highest BCUT2D eigenvalue weighted by molar-refractivity contribution is 6.17. The molecule has 0 radical (unpaired) electrons. The molecule has 1 N–H and O–H groups in total. The Morgan fingerprint density at radius 3 is 2.58 bits per heavy atom. The average Bonchev–Trinajstić information content (AvgIpc) is 2.97. The summed E-state index contributed by atoms with van der Waals surface area (Å²) >= 11 is 0. The molecule has 0 unspecified atom stereocenters. The number of benzene rings is 2. The normalized spacial score (nSPS) is 10.9. The Labute approximate surface area is 139 Å². The van der Waals surface area contributed by atoms with Gasteiger partial charge in [0.05, 0.1) is 10.5 Å². The number of unbranched alkanes of at least 4 members (excludes halogenated alkanes) is 1. The zero-order chi connectivity index (χ0) is 17.1. The molecule has 1 heterocycles. The predicted molar refractivity (Wildman–Crippen MR) is 93.4 cm³/mol. The molecule has 0 aliphatic carbocycles. The van der Waals surface area contributed by atoms with E-state index in [1.165, 1.54) is 12.1 Å². The maximum atomic E-state index is 13.0. The van der Waals surface area contributed by atoms with Crippen molar-refractivity contribution in [3.05, 3.63) is 75.5 Å². The highest BCUT2D eigenvalue weighted by atomic mass is 16.6. The van der Waals surface area contributed by atoms with E-state index in [9.17, 15) is 14.9 Å². The van der Waals surface area contributed by atoms with Crippen molar-refractivity contribution in [2.24, 2.45) is 0 Å². The van der Waals surface area contributed by atoms with Gasteiger partial charge in [-0.05, 0) is 18.9 Å². The van der Waals surface area contributed by atoms with Gasteiger partial charge in [0.1, 0.15) is 0 Å². The number of nitrogens with zero attached hydrogens (tertiary/aromatic N) is 1. The van der Waals surface area contributed by atoms with Gasteiger partial charge in [0.15, 0.2) is 5.78 Å². The first kappa shape index (κ1) is 15.9. The number of aromatic amines is 1. The number of H-pyrrole nitrogens is 1. The van der Waals surface area contributed by atoms with Crippen molar-refractivity contribution in [1.82, 2.24) is 4.98 Å². The highest BCUT2D eigenvalue weighted by Gasteiger charge is 2.21. The molecule has 5 nitrogen and oxygen atoms in total. The third-order valence-electron chi connectivity index (χ3n) is 4.11. The third-order valence-corrected chi connectivity index (χ3v) is 4.11. The van der Waals surface area contributed by atoms with Crippen molar-refractivity contribution < 1.29 is 9.72 Å². The Kier molecular flexibility index (Phi) is 4.42. The molecule has 0 atom stereocenters. The van der Waals surface area contributed by atoms with Gasteiger partial charge in [0.25, 0.3) is 5.69 Å². The Balaban J connectivity index is 2.19. The second-order valence-electron chi connectivity index (χ2n) is 5.76. The van der Waals surface area contributed by atoms with Crippen LogP contribution >= 0.6 is 0 Å². The molecule has 0 bridgehead atoms. The van der Waals surface area contributed by atoms with Gasteiger partial charge in [-0.2, -0.15) is 0 Å². The molecule has 0 fully saturated rings. The van der Waals surface area contributed by atoms with Gasteiger partial charge in [-0.3, -0.25) is 14.9 Å². The van der Waals surface area contributed by atoms with Crippen LogP contribution in [0.1, 0.15) is 41.4 Å². The number of nitrogens with one attached hydrogen (secondary N) is 1. The van der Waals surface area contributed by atoms with Crippen molar-refractivity contribution >= 4 is 22.4 Å². The minimum absolute atomic E-state index is 0.00865. The van der Waals surface area contributed by atoms with E-state index in [4.69, 9.17) is 0 Å². The molecule has 122 valence electrons. The number of nitro groups is 1. The fourth-order valence-electron chi connectivity index (χ4n) is 2.88. The first-order chi connectivity index (χ1) is 11.6. The number of carbonyl (C=O) groups is 1. The van der Waals surface area contributed by atoms with Crippen molar-refractivity contribution in [1.29, 1.82) is 0 Å². The highest BCUT2D eigenvalue weighted by Crippen LogP contribution is 2.29. The summed E-state index contributed by atoms with van der Waals surface area (Å²) in [6.45, 7) is 2.09. The fraction of sp³-hybridized carbons (Fsp3) is 0.211. The molecule has 3 aromatic rings. The Morgan fingerprint density at radius 2 is 1.92 bits per heavy atom. The number of non-ortho nitro benzene ring substituents is 1. The maximum absolute atomic E-state index is 13.0. The Bertz CT molecular complexity index is 898. The van der Waals surface area contributed by atoms with Gasteiger partial charge in [-0.1, -0.05) is 43.7 Å². The van der Waals surface area contributed by atoms with E-state index in [0.717, 1.165) is 30.5 Å². The van der Waals surface area contributed by atoms with Crippen molar-refractivity contribution in [2.45, 2.75) is 26.2 Å². The summed E-state index contributed by atoms with van der Waals surface area (Å²) in [4.78, 5) is 26.9. The molecule has 2 aromatic carbocycles. The van der Waals surface area contributed by atoms with Crippen LogP contribution in [0, 0.1) is 10.1 Å². The monoisotopic (exact) mass is 322 g/mol. The summed E-state index contributed by atoms with van der Waals surface area (Å²) in [6, 6.07) is 13.6. The lowest BCUT2D eigenvalue weighted by molar-refractivity contribution is -0.384. The Hall–Kier alpha value is -2.95. The van der Waals surface area contributed by atoms with Crippen LogP contribution in [-0.4, -0.2) is 15.7 Å². The molecule has 0 aliphatic rings. The first-order valence-corrected chi connectivity index (χ1v) is 8.00. The number of hydrogen-bond acceptors (Lipinski definition) is 3. The minimum atomic E-state index is -0.436. The van der Waals surface area contributed by atoms with E-state index in [0.29, 0.717) is 16.5 Å². The Morgan fingerprint density at radius 1 is 1.17 bits per heavy atom. The summed E-state index contributed by atoms with van der Waals surface area (Å²) < 4.78 is 0. The molecule has 0 saturated heterocycles. The van der Waals surface area contributed by atoms with Crippen LogP contribution in [0.4, 0.5) is 5.69 Å². The fourth-order valence-corrected chi connectivity index (χ4v) is 2.88. The quantitative estimate of drug-likeness (QED) is 0.408. The maximum Gasteiger partial charge on any atom is 0.270 e. The summed E-state index contributed by atoms with van der Waals surface area (Å²) in [5.41, 5.74) is 2.73. The molecular weight excluding hydrogens is 304 g/mol. The SMILES string of the molecule is CCCCc1[nH]c2ccc([N+](=O)[O-])cc2c1C(=O)c1ccccc1. The van der Waals surface area contributed by atoms with Crippen LogP contribution in [0.25, 0.3) is 10.9 Å². The summed E-state index contributed by atoms with van der Waals surface area (Å²) in [7, 11) is 0. The number of aromatic nitrogens is 1. The molecule has 0 aliphatic heterocycles. The number of hydrogen-bond donors (Lipinski definition) is 1. The predicted octanol–water partition coefficient (Wildman–Crippen LogP) is 4.65. The van der Waals surface area contributed by atoms with Gasteiger partial charge in [-0.15, -0.1) is 0 Å². The van der Waals surface area contributed by atoms with Crippen molar-refractivity contribution in [3.8, 4) is 0 Å². The van der Waals surface area contributed by atoms with Gasteiger partial charge in [0, 0.05) is 34.3 Å². The van der Waals surface area contributed by atoms with Crippen LogP contribution in [0.5, 0.6) is 0 Å². The smallest absolute Gasteiger partial charge is 0.270 e. The molecule has 24 heavy (non-hydrogen) atoms. The van der Waals surface area contributed by atoms with E-state index in [2.05, 4.69) is 11.9 Å². The molecule has 0 amide bonds. The summed E-state index contributed by atoms with van der Waals surface area (Å²) in [6.07, 6.45) is 2.70. The van der Waals surface area contributed by atoms with Crippen molar-refractivity contribution in [2.75, 3.05) is 0 Å². The lowest BCUT2D eigenvalue weighted by Gasteiger charge is -2.04. The number of aryl methyl sites for hydroxylation is 1. The molecule has 0 saturated carbocycles. The third kappa shape index (κ3) is 2.93. The second kappa shape index (κ2) is 6.66. The standard InChI is InChI=1S/C19H18N2O3/c1-2-3-9-17-18(19(22)13-7-5-4-6-8-13)15-12-14(21(23)24)10-11-16(15)20-17/h4-8,10-12,20H,2-3,9H2,1H3. The number of fused-ring (bicyclic) bond motifs is 1. The molecule has 1 aromatic heterocycles. The number of carbonyl (C=O) groups excluding carboxylic acids is 1. The molecular formula is C19H18N2O3. The van der Waals surface area contributed by atoms with E-state index < -0.39 is 4.92 Å². The van der Waals surface area contributed by atoms with E-state index >= 15 is 0 Å². The van der Waals surface area contributed by atoms with Crippen LogP contribution in [0.2, 0.25) is 0 Å². The van der Waals surface area contributed by atoms with Crippen LogP contribution in [-0.2, 0) is 6.42 Å². The van der Waals surface area contributed by atoms with Crippen LogP contribution in [0.3, 0.4) is 0 Å². The second-order valence-corrected chi connectivity index (χ2v) is 5.76. The van der Waals surface area contributed by atoms with Gasteiger partial charge >= 0.3 is 0 Å². The summed E-state index contributed by atoms with van der Waals surface area (Å²) in [5, 5.41) is 11.7. The zero-order valence-corrected chi connectivity index (χ0v) is 13.4. The van der Waals surface area contributed by atoms with Crippen LogP contribution < -0.4 is 0 Å². The summed E-state index contributed by atoms with van der Waals surface area (Å²) in [5.74, 6) is -0.103. The first-order valence-electron chi connectivity index (χ1n) is 8.00. The number of nitro benzene ring substituents is 1.